The summed E-state index contributed by atoms with van der Waals surface area (Å²) < 4.78 is 4.33. The van der Waals surface area contributed by atoms with E-state index in [1.807, 2.05) is 0 Å². The van der Waals surface area contributed by atoms with Gasteiger partial charge in [0.05, 0.1) is 13.7 Å². The summed E-state index contributed by atoms with van der Waals surface area (Å²) >= 11 is 0. The number of aromatic nitrogens is 3. The molecule has 1 aromatic heterocycles. The molecular weight excluding hydrogens is 252 g/mol. The highest BCUT2D eigenvalue weighted by atomic mass is 16.5. The van der Waals surface area contributed by atoms with E-state index in [4.69, 9.17) is 0 Å². The number of H-pyrrole nitrogens is 1. The molecule has 0 aliphatic heterocycles. The highest BCUT2D eigenvalue weighted by Gasteiger charge is 2.17. The van der Waals surface area contributed by atoms with Crippen LogP contribution in [0.1, 0.15) is 10.4 Å². The summed E-state index contributed by atoms with van der Waals surface area (Å²) in [5.41, 5.74) is 1.56. The minimum absolute atomic E-state index is 0.220. The van der Waals surface area contributed by atoms with Gasteiger partial charge in [-0.3, -0.25) is 4.79 Å². The Hall–Kier alpha value is -2.48. The van der Waals surface area contributed by atoms with Gasteiger partial charge in [0, 0.05) is 5.56 Å². The van der Waals surface area contributed by atoms with Crippen molar-refractivity contribution in [2.24, 2.45) is 0 Å². The molecule has 1 unspecified atom stereocenters. The van der Waals surface area contributed by atoms with Crippen LogP contribution in [-0.2, 0) is 9.53 Å². The Kier molecular flexibility index (Phi) is 3.71. The molecule has 100 valence electrons. The summed E-state index contributed by atoms with van der Waals surface area (Å²) in [6, 6.07) is 4.77. The minimum atomic E-state index is -1.38. The first-order chi connectivity index (χ1) is 9.11. The first-order valence-corrected chi connectivity index (χ1v) is 5.46. The topological polar surface area (TPSA) is 117 Å². The average molecular weight is 264 g/mol. The predicted molar refractivity (Wildman–Crippen MR) is 64.2 cm³/mol. The van der Waals surface area contributed by atoms with Crippen molar-refractivity contribution in [2.45, 2.75) is 6.10 Å². The van der Waals surface area contributed by atoms with Gasteiger partial charge in [0.25, 0.3) is 5.91 Å². The number of benzene rings is 1. The third kappa shape index (κ3) is 2.86. The molecule has 1 heterocycles. The Balaban J connectivity index is 2.01. The highest BCUT2D eigenvalue weighted by molar-refractivity contribution is 5.97. The van der Waals surface area contributed by atoms with E-state index < -0.39 is 18.0 Å². The van der Waals surface area contributed by atoms with Crippen LogP contribution in [0.5, 0.6) is 0 Å². The normalized spacial score (nSPS) is 12.1. The van der Waals surface area contributed by atoms with E-state index in [-0.39, 0.29) is 6.54 Å². The van der Waals surface area contributed by atoms with Gasteiger partial charge < -0.3 is 15.2 Å². The van der Waals surface area contributed by atoms with Crippen molar-refractivity contribution in [1.82, 2.24) is 20.7 Å². The van der Waals surface area contributed by atoms with Crippen LogP contribution in [0.4, 0.5) is 0 Å². The van der Waals surface area contributed by atoms with E-state index >= 15 is 0 Å². The second-order valence-corrected chi connectivity index (χ2v) is 3.78. The SMILES string of the molecule is COC(=O)C(O)CNC(=O)c1ccc2n[nH]nc2c1. The molecule has 1 atom stereocenters. The molecule has 0 aliphatic rings. The summed E-state index contributed by atoms with van der Waals surface area (Å²) in [5, 5.41) is 21.9. The lowest BCUT2D eigenvalue weighted by atomic mass is 10.2. The average Bonchev–Trinajstić information content (AvgIpc) is 2.90. The second-order valence-electron chi connectivity index (χ2n) is 3.78. The zero-order chi connectivity index (χ0) is 13.8. The summed E-state index contributed by atoms with van der Waals surface area (Å²) in [4.78, 5) is 22.7. The molecule has 1 aromatic carbocycles. The molecule has 1 amide bonds. The largest absolute Gasteiger partial charge is 0.467 e. The Morgan fingerprint density at radius 1 is 1.42 bits per heavy atom. The Labute approximate surface area is 107 Å². The Bertz CT molecular complexity index is 610. The third-order valence-electron chi connectivity index (χ3n) is 2.51. The van der Waals surface area contributed by atoms with Crippen LogP contribution in [0.2, 0.25) is 0 Å². The molecule has 2 aromatic rings. The van der Waals surface area contributed by atoms with Crippen molar-refractivity contribution in [3.63, 3.8) is 0 Å². The van der Waals surface area contributed by atoms with Crippen molar-refractivity contribution in [2.75, 3.05) is 13.7 Å². The summed E-state index contributed by atoms with van der Waals surface area (Å²) in [6.45, 7) is -0.220. The lowest BCUT2D eigenvalue weighted by Crippen LogP contribution is -2.37. The van der Waals surface area contributed by atoms with E-state index in [1.54, 1.807) is 18.2 Å². The first-order valence-electron chi connectivity index (χ1n) is 5.46. The van der Waals surface area contributed by atoms with Crippen molar-refractivity contribution in [3.8, 4) is 0 Å². The van der Waals surface area contributed by atoms with Crippen LogP contribution in [-0.4, -0.2) is 52.2 Å². The Morgan fingerprint density at radius 3 is 2.89 bits per heavy atom. The van der Waals surface area contributed by atoms with Gasteiger partial charge >= 0.3 is 5.97 Å². The summed E-state index contributed by atoms with van der Waals surface area (Å²) in [7, 11) is 1.16. The molecule has 2 rings (SSSR count). The fraction of sp³-hybridized carbons (Fsp3) is 0.273. The van der Waals surface area contributed by atoms with Gasteiger partial charge in [-0.2, -0.15) is 15.4 Å². The van der Waals surface area contributed by atoms with E-state index in [0.717, 1.165) is 7.11 Å². The number of aliphatic hydroxyl groups excluding tert-OH is 1. The van der Waals surface area contributed by atoms with E-state index in [9.17, 15) is 14.7 Å². The molecule has 0 spiro atoms. The van der Waals surface area contributed by atoms with E-state index in [2.05, 4.69) is 25.5 Å². The quantitative estimate of drug-likeness (QED) is 0.624. The number of methoxy groups -OCH3 is 1. The van der Waals surface area contributed by atoms with Gasteiger partial charge in [-0.05, 0) is 18.2 Å². The van der Waals surface area contributed by atoms with E-state index in [0.29, 0.717) is 16.6 Å². The van der Waals surface area contributed by atoms with E-state index in [1.165, 1.54) is 0 Å². The zero-order valence-corrected chi connectivity index (χ0v) is 10.1. The van der Waals surface area contributed by atoms with Crippen LogP contribution in [0.3, 0.4) is 0 Å². The number of ether oxygens (including phenoxy) is 1. The van der Waals surface area contributed by atoms with Gasteiger partial charge in [0.15, 0.2) is 6.10 Å². The second kappa shape index (κ2) is 5.44. The molecule has 0 saturated carbocycles. The number of fused-ring (bicyclic) bond motifs is 1. The fourth-order valence-corrected chi connectivity index (χ4v) is 1.49. The van der Waals surface area contributed by atoms with Gasteiger partial charge in [-0.15, -0.1) is 0 Å². The van der Waals surface area contributed by atoms with Gasteiger partial charge in [-0.1, -0.05) is 0 Å². The molecule has 0 bridgehead atoms. The molecule has 8 nitrogen and oxygen atoms in total. The summed E-state index contributed by atoms with van der Waals surface area (Å²) in [6.07, 6.45) is -1.38. The zero-order valence-electron chi connectivity index (χ0n) is 10.1. The number of nitrogens with one attached hydrogen (secondary N) is 2. The van der Waals surface area contributed by atoms with Gasteiger partial charge in [-0.25, -0.2) is 4.79 Å². The van der Waals surface area contributed by atoms with Crippen LogP contribution in [0.15, 0.2) is 18.2 Å². The number of nitrogens with zero attached hydrogens (tertiary/aromatic N) is 2. The van der Waals surface area contributed by atoms with Gasteiger partial charge in [0.1, 0.15) is 11.0 Å². The number of carbonyl (C=O) groups excluding carboxylic acids is 2. The maximum absolute atomic E-state index is 11.8. The first kappa shape index (κ1) is 13.0. The lowest BCUT2D eigenvalue weighted by Gasteiger charge is -2.09. The molecule has 19 heavy (non-hydrogen) atoms. The Morgan fingerprint density at radius 2 is 2.16 bits per heavy atom. The highest BCUT2D eigenvalue weighted by Crippen LogP contribution is 2.10. The number of carbonyl (C=O) groups is 2. The number of aromatic amines is 1. The number of hydrogen-bond acceptors (Lipinski definition) is 6. The van der Waals surface area contributed by atoms with Crippen LogP contribution < -0.4 is 5.32 Å². The van der Waals surface area contributed by atoms with Crippen molar-refractivity contribution in [1.29, 1.82) is 0 Å². The fourth-order valence-electron chi connectivity index (χ4n) is 1.49. The number of rotatable bonds is 4. The van der Waals surface area contributed by atoms with Gasteiger partial charge in [0.2, 0.25) is 0 Å². The molecule has 0 aliphatic carbocycles. The number of hydrogen-bond donors (Lipinski definition) is 3. The smallest absolute Gasteiger partial charge is 0.336 e. The lowest BCUT2D eigenvalue weighted by molar-refractivity contribution is -0.149. The third-order valence-corrected chi connectivity index (χ3v) is 2.51. The van der Waals surface area contributed by atoms with Crippen LogP contribution in [0, 0.1) is 0 Å². The molecule has 3 N–H and O–H groups in total. The number of amides is 1. The molecule has 0 radical (unpaired) electrons. The minimum Gasteiger partial charge on any atom is -0.467 e. The maximum Gasteiger partial charge on any atom is 0.336 e. The monoisotopic (exact) mass is 264 g/mol. The van der Waals surface area contributed by atoms with Crippen molar-refractivity contribution >= 4 is 22.9 Å². The van der Waals surface area contributed by atoms with Crippen LogP contribution in [0.25, 0.3) is 11.0 Å². The predicted octanol–water partition coefficient (Wildman–Crippen LogP) is -0.778. The molecule has 0 fully saturated rings. The maximum atomic E-state index is 11.8. The summed E-state index contributed by atoms with van der Waals surface area (Å²) in [5.74, 6) is -1.22. The van der Waals surface area contributed by atoms with Crippen LogP contribution >= 0.6 is 0 Å². The number of esters is 1. The van der Waals surface area contributed by atoms with Crippen molar-refractivity contribution < 1.29 is 19.4 Å². The molecule has 0 saturated heterocycles. The molecule has 8 heteroatoms. The number of aliphatic hydroxyl groups is 1. The molecular formula is C11H12N4O4. The standard InChI is InChI=1S/C11H12N4O4/c1-19-11(18)9(16)5-12-10(17)6-2-3-7-8(4-6)14-15-13-7/h2-4,9,16H,5H2,1H3,(H,12,17)(H,13,14,15). The van der Waals surface area contributed by atoms with Crippen molar-refractivity contribution in [3.05, 3.63) is 23.8 Å².